The smallest absolute Gasteiger partial charge is 0.274 e. The number of amides is 1. The molecule has 3 rings (SSSR count). The second-order valence-electron chi connectivity index (χ2n) is 6.75. The molecule has 2 aromatic heterocycles. The first kappa shape index (κ1) is 15.3. The Morgan fingerprint density at radius 2 is 2.23 bits per heavy atom. The zero-order valence-corrected chi connectivity index (χ0v) is 14.6. The van der Waals surface area contributed by atoms with Gasteiger partial charge in [0.15, 0.2) is 0 Å². The average Bonchev–Trinajstić information content (AvgIpc) is 3.16. The van der Waals surface area contributed by atoms with E-state index >= 15 is 0 Å². The minimum atomic E-state index is -0.0413. The summed E-state index contributed by atoms with van der Waals surface area (Å²) in [5.41, 5.74) is 1.43. The zero-order valence-electron chi connectivity index (χ0n) is 13.0. The highest BCUT2D eigenvalue weighted by Gasteiger charge is 2.30. The molecule has 1 unspecified atom stereocenters. The minimum absolute atomic E-state index is 0.0135. The van der Waals surface area contributed by atoms with Crippen LogP contribution in [0.15, 0.2) is 22.9 Å². The third kappa shape index (κ3) is 2.95. The summed E-state index contributed by atoms with van der Waals surface area (Å²) in [5.74, 6) is -0.0135. The van der Waals surface area contributed by atoms with Crippen LogP contribution in [0.3, 0.4) is 0 Å². The lowest BCUT2D eigenvalue weighted by molar-refractivity contribution is 0.0781. The molecule has 0 spiro atoms. The highest BCUT2D eigenvalue weighted by atomic mass is 79.9. The molecule has 1 fully saturated rings. The number of carbonyl (C=O) groups excluding carboxylic acids is 1. The van der Waals surface area contributed by atoms with E-state index in [1.165, 1.54) is 0 Å². The molecule has 1 atom stereocenters. The van der Waals surface area contributed by atoms with Crippen molar-refractivity contribution < 1.29 is 4.79 Å². The van der Waals surface area contributed by atoms with Crippen molar-refractivity contribution in [1.82, 2.24) is 24.9 Å². The molecular formula is C15H20BrN5O. The first-order chi connectivity index (χ1) is 10.3. The van der Waals surface area contributed by atoms with E-state index < -0.39 is 0 Å². The molecule has 22 heavy (non-hydrogen) atoms. The summed E-state index contributed by atoms with van der Waals surface area (Å²) in [6, 6.07) is 2.09. The van der Waals surface area contributed by atoms with Crippen molar-refractivity contribution in [2.24, 2.45) is 0 Å². The van der Waals surface area contributed by atoms with Crippen LogP contribution in [-0.4, -0.2) is 43.9 Å². The molecule has 1 aliphatic rings. The van der Waals surface area contributed by atoms with Crippen molar-refractivity contribution in [1.29, 1.82) is 0 Å². The summed E-state index contributed by atoms with van der Waals surface area (Å²) in [6.45, 7) is 7.69. The van der Waals surface area contributed by atoms with Gasteiger partial charge in [0.25, 0.3) is 5.91 Å². The number of nitrogens with one attached hydrogen (secondary N) is 1. The van der Waals surface area contributed by atoms with Crippen LogP contribution in [0.2, 0.25) is 0 Å². The fraction of sp³-hybridized carbons (Fsp3) is 0.533. The van der Waals surface area contributed by atoms with Crippen LogP contribution in [-0.2, 0) is 5.41 Å². The number of halogens is 1. The molecule has 0 bridgehead atoms. The Balaban J connectivity index is 1.70. The summed E-state index contributed by atoms with van der Waals surface area (Å²) < 4.78 is 2.88. The monoisotopic (exact) mass is 365 g/mol. The molecule has 0 radical (unpaired) electrons. The Hall–Kier alpha value is -1.63. The van der Waals surface area contributed by atoms with Gasteiger partial charge >= 0.3 is 0 Å². The number of aromatic nitrogens is 4. The second-order valence-corrected chi connectivity index (χ2v) is 7.66. The SMILES string of the molecule is CC(C)(C)c1cc(C(=O)N2CCC(n3cc(Br)cn3)C2)n[nH]1. The van der Waals surface area contributed by atoms with Gasteiger partial charge in [-0.25, -0.2) is 0 Å². The maximum Gasteiger partial charge on any atom is 0.274 e. The molecule has 1 amide bonds. The number of hydrogen-bond donors (Lipinski definition) is 1. The van der Waals surface area contributed by atoms with Crippen LogP contribution < -0.4 is 0 Å². The van der Waals surface area contributed by atoms with Gasteiger partial charge in [0.2, 0.25) is 0 Å². The third-order valence-electron chi connectivity index (χ3n) is 4.00. The molecule has 6 nitrogen and oxygen atoms in total. The van der Waals surface area contributed by atoms with E-state index in [9.17, 15) is 4.79 Å². The number of rotatable bonds is 2. The number of nitrogens with zero attached hydrogens (tertiary/aromatic N) is 4. The minimum Gasteiger partial charge on any atom is -0.335 e. The molecule has 2 aromatic rings. The maximum atomic E-state index is 12.6. The molecule has 7 heteroatoms. The van der Waals surface area contributed by atoms with Gasteiger partial charge in [0.05, 0.1) is 16.7 Å². The molecule has 3 heterocycles. The second kappa shape index (κ2) is 5.53. The number of hydrogen-bond acceptors (Lipinski definition) is 3. The fourth-order valence-corrected chi connectivity index (χ4v) is 2.94. The Morgan fingerprint density at radius 3 is 2.82 bits per heavy atom. The standard InChI is InChI=1S/C15H20BrN5O/c1-15(2,3)13-6-12(18-19-13)14(22)20-5-4-11(9-20)21-8-10(16)7-17-21/h6-8,11H,4-5,9H2,1-3H3,(H,18,19). The van der Waals surface area contributed by atoms with Crippen molar-refractivity contribution in [2.75, 3.05) is 13.1 Å². The normalized spacial score (nSPS) is 18.9. The van der Waals surface area contributed by atoms with E-state index in [4.69, 9.17) is 0 Å². The predicted molar refractivity (Wildman–Crippen MR) is 86.8 cm³/mol. The summed E-state index contributed by atoms with van der Waals surface area (Å²) in [7, 11) is 0. The molecule has 0 saturated carbocycles. The van der Waals surface area contributed by atoms with Gasteiger partial charge in [0, 0.05) is 30.4 Å². The molecule has 1 N–H and O–H groups in total. The molecule has 0 aromatic carbocycles. The van der Waals surface area contributed by atoms with Crippen molar-refractivity contribution >= 4 is 21.8 Å². The average molecular weight is 366 g/mol. The van der Waals surface area contributed by atoms with Crippen LogP contribution in [0.4, 0.5) is 0 Å². The van der Waals surface area contributed by atoms with Gasteiger partial charge in [-0.2, -0.15) is 10.2 Å². The Labute approximate surface area is 138 Å². The number of aromatic amines is 1. The van der Waals surface area contributed by atoms with Crippen LogP contribution in [0.25, 0.3) is 0 Å². The molecular weight excluding hydrogens is 346 g/mol. The lowest BCUT2D eigenvalue weighted by atomic mass is 9.92. The Bertz CT molecular complexity index is 684. The first-order valence-corrected chi connectivity index (χ1v) is 8.19. The zero-order chi connectivity index (χ0) is 15.9. The summed E-state index contributed by atoms with van der Waals surface area (Å²) >= 11 is 3.40. The summed E-state index contributed by atoms with van der Waals surface area (Å²) in [6.07, 6.45) is 4.63. The fourth-order valence-electron chi connectivity index (χ4n) is 2.63. The van der Waals surface area contributed by atoms with E-state index in [2.05, 4.69) is 52.0 Å². The first-order valence-electron chi connectivity index (χ1n) is 7.39. The van der Waals surface area contributed by atoms with Crippen LogP contribution in [0.5, 0.6) is 0 Å². The van der Waals surface area contributed by atoms with E-state index in [0.717, 1.165) is 23.1 Å². The van der Waals surface area contributed by atoms with E-state index in [-0.39, 0.29) is 17.4 Å². The van der Waals surface area contributed by atoms with Gasteiger partial charge in [-0.3, -0.25) is 14.6 Å². The lowest BCUT2D eigenvalue weighted by Crippen LogP contribution is -2.29. The molecule has 1 aliphatic heterocycles. The van der Waals surface area contributed by atoms with Crippen molar-refractivity contribution in [3.05, 3.63) is 34.3 Å². The van der Waals surface area contributed by atoms with Crippen LogP contribution in [0.1, 0.15) is 49.4 Å². The highest BCUT2D eigenvalue weighted by molar-refractivity contribution is 9.10. The van der Waals surface area contributed by atoms with Crippen LogP contribution in [0, 0.1) is 0 Å². The molecule has 0 aliphatic carbocycles. The summed E-state index contributed by atoms with van der Waals surface area (Å²) in [4.78, 5) is 14.4. The van der Waals surface area contributed by atoms with Gasteiger partial charge in [0.1, 0.15) is 5.69 Å². The number of H-pyrrole nitrogens is 1. The number of likely N-dealkylation sites (tertiary alicyclic amines) is 1. The van der Waals surface area contributed by atoms with Crippen LogP contribution >= 0.6 is 15.9 Å². The predicted octanol–water partition coefficient (Wildman–Crippen LogP) is 2.75. The topological polar surface area (TPSA) is 66.8 Å². The van der Waals surface area contributed by atoms with Gasteiger partial charge in [-0.05, 0) is 28.4 Å². The molecule has 118 valence electrons. The molecule has 1 saturated heterocycles. The van der Waals surface area contributed by atoms with E-state index in [1.807, 2.05) is 21.8 Å². The van der Waals surface area contributed by atoms with Gasteiger partial charge < -0.3 is 4.90 Å². The van der Waals surface area contributed by atoms with Gasteiger partial charge in [-0.15, -0.1) is 0 Å². The van der Waals surface area contributed by atoms with E-state index in [1.54, 1.807) is 6.20 Å². The van der Waals surface area contributed by atoms with Crippen molar-refractivity contribution in [3.63, 3.8) is 0 Å². The quantitative estimate of drug-likeness (QED) is 0.889. The van der Waals surface area contributed by atoms with Gasteiger partial charge in [-0.1, -0.05) is 20.8 Å². The van der Waals surface area contributed by atoms with E-state index in [0.29, 0.717) is 12.2 Å². The number of carbonyl (C=O) groups is 1. The van der Waals surface area contributed by atoms with Crippen molar-refractivity contribution in [3.8, 4) is 0 Å². The Kier molecular flexibility index (Phi) is 3.84. The Morgan fingerprint density at radius 1 is 1.45 bits per heavy atom. The lowest BCUT2D eigenvalue weighted by Gasteiger charge is -2.16. The summed E-state index contributed by atoms with van der Waals surface area (Å²) in [5, 5.41) is 11.5. The van der Waals surface area contributed by atoms with Crippen molar-refractivity contribution in [2.45, 2.75) is 38.6 Å². The highest BCUT2D eigenvalue weighted by Crippen LogP contribution is 2.25. The third-order valence-corrected chi connectivity index (χ3v) is 4.41. The maximum absolute atomic E-state index is 12.6. The largest absolute Gasteiger partial charge is 0.335 e.